The molecule has 23 heavy (non-hydrogen) atoms. The first kappa shape index (κ1) is 21.0. The molecule has 0 spiro atoms. The highest BCUT2D eigenvalue weighted by Crippen LogP contribution is 2.29. The summed E-state index contributed by atoms with van der Waals surface area (Å²) in [5.74, 6) is -0.0251. The summed E-state index contributed by atoms with van der Waals surface area (Å²) in [6.45, 7) is 3.86. The van der Waals surface area contributed by atoms with Crippen molar-refractivity contribution in [3.63, 3.8) is 0 Å². The fourth-order valence-electron chi connectivity index (χ4n) is 1.64. The molecule has 0 saturated heterocycles. The lowest BCUT2D eigenvalue weighted by Gasteiger charge is -2.28. The Morgan fingerprint density at radius 1 is 1.26 bits per heavy atom. The number of benzene rings is 1. The van der Waals surface area contributed by atoms with E-state index in [1.54, 1.807) is 0 Å². The number of hydrogen-bond acceptors (Lipinski definition) is 2. The average Bonchev–Trinajstić information content (AvgIpc) is 2.38. The van der Waals surface area contributed by atoms with Crippen LogP contribution in [0.4, 0.5) is 5.69 Å². The van der Waals surface area contributed by atoms with Crippen molar-refractivity contribution in [3.05, 3.63) is 27.8 Å². The van der Waals surface area contributed by atoms with Gasteiger partial charge in [0.15, 0.2) is 5.11 Å². The summed E-state index contributed by atoms with van der Waals surface area (Å²) in [6.07, 6.45) is -0.615. The van der Waals surface area contributed by atoms with Crippen LogP contribution in [0.1, 0.15) is 20.3 Å². The lowest BCUT2D eigenvalue weighted by molar-refractivity contribution is -0.122. The van der Waals surface area contributed by atoms with Gasteiger partial charge < -0.3 is 16.0 Å². The van der Waals surface area contributed by atoms with Crippen molar-refractivity contribution in [1.82, 2.24) is 10.6 Å². The van der Waals surface area contributed by atoms with Crippen molar-refractivity contribution in [1.29, 1.82) is 0 Å². The van der Waals surface area contributed by atoms with Crippen LogP contribution in [-0.4, -0.2) is 21.0 Å². The molecule has 0 bridgehead atoms. The molecule has 1 atom stereocenters. The number of amides is 1. The van der Waals surface area contributed by atoms with Crippen molar-refractivity contribution in [2.75, 3.05) is 5.32 Å². The van der Waals surface area contributed by atoms with Crippen LogP contribution in [0.15, 0.2) is 24.3 Å². The zero-order valence-corrected chi connectivity index (χ0v) is 17.7. The molecular formula is C14H17Cl3IN3OS. The second-order valence-corrected chi connectivity index (χ2v) is 9.16. The molecule has 0 radical (unpaired) electrons. The van der Waals surface area contributed by atoms with Gasteiger partial charge in [-0.3, -0.25) is 4.79 Å². The smallest absolute Gasteiger partial charge is 0.228 e. The molecule has 0 heterocycles. The van der Waals surface area contributed by atoms with Crippen LogP contribution in [0, 0.1) is 9.49 Å². The third-order valence-electron chi connectivity index (χ3n) is 2.62. The summed E-state index contributed by atoms with van der Waals surface area (Å²) < 4.78 is -0.758. The highest BCUT2D eigenvalue weighted by atomic mass is 127. The van der Waals surface area contributed by atoms with Crippen LogP contribution < -0.4 is 16.0 Å². The van der Waals surface area contributed by atoms with Crippen molar-refractivity contribution >= 4 is 86.3 Å². The van der Waals surface area contributed by atoms with Crippen LogP contribution >= 0.6 is 69.6 Å². The van der Waals surface area contributed by atoms with Crippen molar-refractivity contribution in [3.8, 4) is 0 Å². The van der Waals surface area contributed by atoms with Gasteiger partial charge in [-0.1, -0.05) is 60.8 Å². The van der Waals surface area contributed by atoms with Gasteiger partial charge in [0.1, 0.15) is 6.17 Å². The minimum atomic E-state index is -1.75. The van der Waals surface area contributed by atoms with Gasteiger partial charge >= 0.3 is 0 Å². The maximum absolute atomic E-state index is 11.9. The molecular weight excluding hydrogens is 492 g/mol. The van der Waals surface area contributed by atoms with E-state index in [1.807, 2.05) is 38.1 Å². The van der Waals surface area contributed by atoms with E-state index in [2.05, 4.69) is 38.5 Å². The quantitative estimate of drug-likeness (QED) is 0.238. The molecule has 4 nitrogen and oxygen atoms in total. The van der Waals surface area contributed by atoms with E-state index in [0.717, 1.165) is 9.26 Å². The lowest BCUT2D eigenvalue weighted by Crippen LogP contribution is -2.56. The number of alkyl halides is 3. The zero-order chi connectivity index (χ0) is 17.6. The topological polar surface area (TPSA) is 53.2 Å². The number of rotatable bonds is 5. The molecule has 0 aromatic heterocycles. The van der Waals surface area contributed by atoms with Gasteiger partial charge in [-0.15, -0.1) is 0 Å². The second kappa shape index (κ2) is 9.46. The summed E-state index contributed by atoms with van der Waals surface area (Å²) >= 11 is 25.2. The van der Waals surface area contributed by atoms with Crippen LogP contribution in [0.25, 0.3) is 0 Å². The SMILES string of the molecule is CC(C)CC(=O)NC(NC(=S)Nc1ccccc1I)C(Cl)(Cl)Cl. The Balaban J connectivity index is 2.72. The Hall–Kier alpha value is -0.0200. The molecule has 0 aliphatic heterocycles. The van der Waals surface area contributed by atoms with Gasteiger partial charge in [0, 0.05) is 9.99 Å². The molecule has 1 unspecified atom stereocenters. The molecule has 9 heteroatoms. The Morgan fingerprint density at radius 2 is 1.87 bits per heavy atom. The van der Waals surface area contributed by atoms with E-state index < -0.39 is 9.96 Å². The van der Waals surface area contributed by atoms with Crippen molar-refractivity contribution in [2.45, 2.75) is 30.2 Å². The number of thiocarbonyl (C=S) groups is 1. The predicted octanol–water partition coefficient (Wildman–Crippen LogP) is 4.44. The highest BCUT2D eigenvalue weighted by molar-refractivity contribution is 14.1. The van der Waals surface area contributed by atoms with Crippen LogP contribution in [-0.2, 0) is 4.79 Å². The van der Waals surface area contributed by atoms with E-state index in [-0.39, 0.29) is 16.9 Å². The Bertz CT molecular complexity index is 566. The van der Waals surface area contributed by atoms with Gasteiger partial charge in [0.25, 0.3) is 0 Å². The lowest BCUT2D eigenvalue weighted by atomic mass is 10.1. The summed E-state index contributed by atoms with van der Waals surface area (Å²) in [5, 5.41) is 8.73. The van der Waals surface area contributed by atoms with Gasteiger partial charge in [0.05, 0.1) is 5.69 Å². The van der Waals surface area contributed by atoms with E-state index in [4.69, 9.17) is 47.0 Å². The number of anilines is 1. The average molecular weight is 509 g/mol. The predicted molar refractivity (Wildman–Crippen MR) is 110 cm³/mol. The summed E-state index contributed by atoms with van der Waals surface area (Å²) in [7, 11) is 0. The molecule has 1 aromatic carbocycles. The van der Waals surface area contributed by atoms with Gasteiger partial charge in [-0.25, -0.2) is 0 Å². The molecule has 0 aliphatic rings. The Kier molecular flexibility index (Phi) is 8.65. The summed E-state index contributed by atoms with van der Waals surface area (Å²) in [4.78, 5) is 11.9. The molecule has 1 aromatic rings. The number of carbonyl (C=O) groups is 1. The van der Waals surface area contributed by atoms with Crippen LogP contribution in [0.5, 0.6) is 0 Å². The fourth-order valence-corrected chi connectivity index (χ4v) is 2.72. The van der Waals surface area contributed by atoms with Crippen LogP contribution in [0.3, 0.4) is 0 Å². The van der Waals surface area contributed by atoms with E-state index >= 15 is 0 Å². The first-order chi connectivity index (χ1) is 10.6. The van der Waals surface area contributed by atoms with Gasteiger partial charge in [0.2, 0.25) is 9.70 Å². The molecule has 0 fully saturated rings. The van der Waals surface area contributed by atoms with Crippen molar-refractivity contribution < 1.29 is 4.79 Å². The third kappa shape index (κ3) is 8.07. The molecule has 1 rings (SSSR count). The largest absolute Gasteiger partial charge is 0.339 e. The van der Waals surface area contributed by atoms with Gasteiger partial charge in [-0.2, -0.15) is 0 Å². The highest BCUT2D eigenvalue weighted by Gasteiger charge is 2.34. The summed E-state index contributed by atoms with van der Waals surface area (Å²) in [5.41, 5.74) is 0.821. The fraction of sp³-hybridized carbons (Fsp3) is 0.429. The van der Waals surface area contributed by atoms with E-state index in [0.29, 0.717) is 6.42 Å². The molecule has 1 amide bonds. The van der Waals surface area contributed by atoms with E-state index in [9.17, 15) is 4.79 Å². The van der Waals surface area contributed by atoms with Crippen molar-refractivity contribution in [2.24, 2.45) is 5.92 Å². The molecule has 128 valence electrons. The first-order valence-electron chi connectivity index (χ1n) is 6.77. The number of nitrogens with one attached hydrogen (secondary N) is 3. The number of hydrogen-bond donors (Lipinski definition) is 3. The maximum Gasteiger partial charge on any atom is 0.228 e. The number of carbonyl (C=O) groups excluding carboxylic acids is 1. The monoisotopic (exact) mass is 507 g/mol. The number of halogens is 4. The third-order valence-corrected chi connectivity index (χ3v) is 4.44. The number of para-hydroxylation sites is 1. The second-order valence-electron chi connectivity index (χ2n) is 5.22. The van der Waals surface area contributed by atoms with E-state index in [1.165, 1.54) is 0 Å². The molecule has 0 saturated carbocycles. The normalized spacial score (nSPS) is 12.7. The maximum atomic E-state index is 11.9. The minimum absolute atomic E-state index is 0.196. The van der Waals surface area contributed by atoms with Gasteiger partial charge in [-0.05, 0) is 52.9 Å². The molecule has 3 N–H and O–H groups in total. The zero-order valence-electron chi connectivity index (χ0n) is 12.5. The Labute approximate surface area is 170 Å². The first-order valence-corrected chi connectivity index (χ1v) is 9.39. The molecule has 0 aliphatic carbocycles. The summed E-state index contributed by atoms with van der Waals surface area (Å²) in [6, 6.07) is 7.60. The minimum Gasteiger partial charge on any atom is -0.339 e. The Morgan fingerprint density at radius 3 is 2.39 bits per heavy atom. The van der Waals surface area contributed by atoms with Crippen LogP contribution in [0.2, 0.25) is 0 Å². The standard InChI is InChI=1S/C14H17Cl3IN3OS/c1-8(2)7-11(22)20-12(14(15,16)17)21-13(23)19-10-6-4-3-5-9(10)18/h3-6,8,12H,7H2,1-2H3,(H,20,22)(H2,19,21,23).